The first-order valence-electron chi connectivity index (χ1n) is 42.6. The molecule has 0 aliphatic heterocycles. The molecule has 0 aliphatic carbocycles. The number of thiazole rings is 3. The zero-order valence-electron chi connectivity index (χ0n) is 70.5. The molecule has 0 fully saturated rings. The predicted molar refractivity (Wildman–Crippen MR) is 561 cm³/mol. The maximum Gasteiger partial charge on any atom is 2.00 e. The first-order valence-corrected chi connectivity index (χ1v) is 50.7. The Labute approximate surface area is 855 Å². The van der Waals surface area contributed by atoms with E-state index in [2.05, 4.69) is 374 Å². The maximum atomic E-state index is 4.97. The van der Waals surface area contributed by atoms with E-state index in [0.29, 0.717) is 0 Å². The van der Waals surface area contributed by atoms with Crippen molar-refractivity contribution in [2.75, 3.05) is 0 Å². The Morgan fingerprint density at radius 3 is 1.03 bits per heavy atom. The van der Waals surface area contributed by atoms with Crippen LogP contribution in [0.4, 0.5) is 0 Å². The van der Waals surface area contributed by atoms with E-state index in [9.17, 15) is 0 Å². The summed E-state index contributed by atoms with van der Waals surface area (Å²) in [5.41, 5.74) is 34.9. The monoisotopic (exact) mass is 2430 g/mol. The molecule has 0 aliphatic rings. The molecule has 15 heterocycles. The van der Waals surface area contributed by atoms with E-state index in [0.717, 1.165) is 171 Å². The minimum atomic E-state index is 0. The average Bonchev–Trinajstić information content (AvgIpc) is 1.59. The number of para-hydroxylation sites is 4. The second kappa shape index (κ2) is 37.9. The van der Waals surface area contributed by atoms with E-state index in [1.165, 1.54) is 74.8 Å². The Morgan fingerprint density at radius 1 is 0.237 bits per heavy atom. The third-order valence-electron chi connectivity index (χ3n) is 23.9. The van der Waals surface area contributed by atoms with Crippen molar-refractivity contribution < 1.29 is 63.2 Å². The summed E-state index contributed by atoms with van der Waals surface area (Å²) in [4.78, 5) is 29.2. The SMILES string of the molecule is [Pt+2].[Pt+2].[Pt+2].[c-]1c(-c2ccc(-c3ccsc3)cn2)ccc(-c2ccsc2)c1-n1c2[c-]c(-c3nc4ccccc4s3)ccc2c2ccccc21.[c-]1c(-c2ccc(-c3ccsc3)cn2)cccc1-n1c2[c-]c(-c3nc4ccccc4s3)ccc2c2cc(-c3ccsc3)ccc21.[c-]1c(-c2ccccn2)ccc(-c2ccsc2)c1-n1c2[c-]c(-c3nc4ccccc4s3)ccc2c2cc(-c3ccsc3)ccc21. The van der Waals surface area contributed by atoms with Crippen molar-refractivity contribution in [3.8, 4) is 149 Å². The molecule has 15 aromatic heterocycles. The molecule has 0 spiro atoms. The summed E-state index contributed by atoms with van der Waals surface area (Å²) in [5, 5.41) is 35.7. The van der Waals surface area contributed by atoms with Crippen LogP contribution in [0.1, 0.15) is 0 Å². The van der Waals surface area contributed by atoms with Crippen molar-refractivity contribution in [1.82, 2.24) is 43.6 Å². The molecule has 0 unspecified atom stereocenters. The molecular weight excluding hydrogens is 2370 g/mol. The summed E-state index contributed by atoms with van der Waals surface area (Å²) in [6.45, 7) is 0. The van der Waals surface area contributed by atoms with Crippen LogP contribution in [0, 0.1) is 36.4 Å². The van der Waals surface area contributed by atoms with Crippen molar-refractivity contribution in [1.29, 1.82) is 0 Å². The zero-order chi connectivity index (χ0) is 87.1. The van der Waals surface area contributed by atoms with Crippen LogP contribution in [-0.4, -0.2) is 43.6 Å². The van der Waals surface area contributed by atoms with Crippen LogP contribution < -0.4 is 0 Å². The van der Waals surface area contributed by atoms with Gasteiger partial charge in [0.05, 0.1) is 16.6 Å². The normalized spacial score (nSPS) is 11.4. The van der Waals surface area contributed by atoms with Gasteiger partial charge < -0.3 is 28.7 Å². The average molecular weight is 2430 g/mol. The number of hydrogen-bond acceptors (Lipinski definition) is 15. The molecule has 9 nitrogen and oxygen atoms in total. The summed E-state index contributed by atoms with van der Waals surface area (Å²) < 4.78 is 10.5. The molecule has 27 aromatic rings. The predicted octanol–water partition coefficient (Wildman–Crippen LogP) is 33.5. The Hall–Kier alpha value is -12.6. The third-order valence-corrected chi connectivity index (χ3v) is 31.2. The fourth-order valence-corrected chi connectivity index (χ4v) is 24.3. The summed E-state index contributed by atoms with van der Waals surface area (Å²) >= 11 is 15.3. The molecule has 0 radical (unpaired) electrons. The molecule has 0 bridgehead atoms. The Kier molecular flexibility index (Phi) is 24.7. The van der Waals surface area contributed by atoms with Gasteiger partial charge in [-0.05, 0) is 272 Å². The van der Waals surface area contributed by atoms with E-state index >= 15 is 0 Å². The minimum absolute atomic E-state index is 0. The van der Waals surface area contributed by atoms with E-state index in [4.69, 9.17) is 24.9 Å². The topological polar surface area (TPSA) is 92.1 Å². The van der Waals surface area contributed by atoms with Crippen molar-refractivity contribution in [2.45, 2.75) is 0 Å². The van der Waals surface area contributed by atoms with Crippen LogP contribution in [0.5, 0.6) is 0 Å². The van der Waals surface area contributed by atoms with Crippen LogP contribution in [0.25, 0.3) is 245 Å². The minimum Gasteiger partial charge on any atom is -0.346 e. The number of thiophene rings is 6. The molecule has 0 saturated carbocycles. The second-order valence-corrected chi connectivity index (χ2v) is 39.5. The van der Waals surface area contributed by atoms with Gasteiger partial charge in [-0.2, -0.15) is 102 Å². The standard InChI is InChI=1S/3C38H21N3S3.3Pt/c1-3-7-34-30(5-1)31-13-10-25(38-40-33-6-2-4-8-37(33)44-38)20-36(31)41(34)35-19-24(9-12-29(35)28-16-18-43-23-28)32-14-11-26(21-39-32)27-15-17-42-22-27;1-2-7-37-34(6-1)40-38(44-37)26-8-11-31-32-19-24(28-14-16-42-22-28)10-13-35(32)41(36(31)20-26)30-5-3-4-25(18-30)33-12-9-27(21-39-33)29-15-17-43-23-29;1-2-7-37-33(6-1)40-38(44-37)26-9-12-30-31-19-24(27-14-17-42-22-27)10-13-34(31)41(36(30)21-26)35-20-25(32-5-3-4-16-39-32)8-11-29(35)28-15-18-43-23-28;;;/h1-18,21-23H;1-17,19,21-23H;1-19,22-23H;;;/q3*-2;3*+2. The van der Waals surface area contributed by atoms with Gasteiger partial charge in [-0.1, -0.05) is 155 Å². The van der Waals surface area contributed by atoms with Crippen LogP contribution in [0.2, 0.25) is 0 Å². The molecule has 135 heavy (non-hydrogen) atoms. The molecule has 648 valence electrons. The van der Waals surface area contributed by atoms with Gasteiger partial charge in [-0.15, -0.1) is 149 Å². The molecule has 0 atom stereocenters. The molecule has 27 rings (SSSR count). The fraction of sp³-hybridized carbons (Fsp3) is 0. The number of rotatable bonds is 15. The quantitative estimate of drug-likeness (QED) is 0.0950. The number of nitrogens with zero attached hydrogens (tertiary/aromatic N) is 9. The van der Waals surface area contributed by atoms with Crippen molar-refractivity contribution in [2.24, 2.45) is 0 Å². The van der Waals surface area contributed by atoms with Crippen LogP contribution in [-0.2, 0) is 63.2 Å². The molecule has 21 heteroatoms. The zero-order valence-corrected chi connectivity index (χ0v) is 84.7. The number of benzene rings is 12. The van der Waals surface area contributed by atoms with Gasteiger partial charge in [0, 0.05) is 64.3 Å². The van der Waals surface area contributed by atoms with E-state index < -0.39 is 0 Å². The van der Waals surface area contributed by atoms with Gasteiger partial charge in [0.1, 0.15) is 0 Å². The molecule has 0 amide bonds. The van der Waals surface area contributed by atoms with Gasteiger partial charge in [-0.3, -0.25) is 15.0 Å². The van der Waals surface area contributed by atoms with Crippen molar-refractivity contribution >= 4 is 198 Å². The first-order chi connectivity index (χ1) is 65.4. The molecular formula is C114H63N9Pt3S9. The third kappa shape index (κ3) is 16.7. The van der Waals surface area contributed by atoms with Gasteiger partial charge in [-0.25, -0.2) is 0 Å². The number of hydrogen-bond donors (Lipinski definition) is 0. The summed E-state index contributed by atoms with van der Waals surface area (Å²) in [5.74, 6) is 0. The van der Waals surface area contributed by atoms with Gasteiger partial charge in [0.25, 0.3) is 0 Å². The summed E-state index contributed by atoms with van der Waals surface area (Å²) in [7, 11) is 0. The molecule has 12 aromatic carbocycles. The van der Waals surface area contributed by atoms with Crippen LogP contribution in [0.15, 0.2) is 374 Å². The van der Waals surface area contributed by atoms with Gasteiger partial charge in [0.15, 0.2) is 0 Å². The smallest absolute Gasteiger partial charge is 0.346 e. The first kappa shape index (κ1) is 87.7. The van der Waals surface area contributed by atoms with Gasteiger partial charge >= 0.3 is 63.2 Å². The molecule has 0 N–H and O–H groups in total. The fourth-order valence-electron chi connectivity index (χ4n) is 17.5. The molecule has 0 saturated heterocycles. The Bertz CT molecular complexity index is 8870. The van der Waals surface area contributed by atoms with E-state index in [-0.39, 0.29) is 63.2 Å². The van der Waals surface area contributed by atoms with E-state index in [1.807, 2.05) is 55.0 Å². The second-order valence-electron chi connectivity index (χ2n) is 31.7. The van der Waals surface area contributed by atoms with Crippen molar-refractivity contribution in [3.63, 3.8) is 0 Å². The summed E-state index contributed by atoms with van der Waals surface area (Å²) in [6.07, 6.45) is 5.73. The number of pyridine rings is 3. The Morgan fingerprint density at radius 2 is 0.607 bits per heavy atom. The largest absolute Gasteiger partial charge is 2.00 e. The number of aromatic nitrogens is 9. The van der Waals surface area contributed by atoms with Crippen molar-refractivity contribution in [3.05, 3.63) is 411 Å². The maximum absolute atomic E-state index is 4.97. The summed E-state index contributed by atoms with van der Waals surface area (Å²) in [6, 6.07) is 125. The van der Waals surface area contributed by atoms with Crippen LogP contribution in [0.3, 0.4) is 0 Å². The van der Waals surface area contributed by atoms with E-state index in [1.54, 1.807) is 102 Å². The van der Waals surface area contributed by atoms with Crippen LogP contribution >= 0.6 is 102 Å². The Balaban J connectivity index is 0.000000116. The number of fused-ring (bicyclic) bond motifs is 12. The van der Waals surface area contributed by atoms with Gasteiger partial charge in [0.2, 0.25) is 0 Å².